The van der Waals surface area contributed by atoms with Crippen molar-refractivity contribution in [3.05, 3.63) is 46.3 Å². The predicted molar refractivity (Wildman–Crippen MR) is 113 cm³/mol. The number of benzene rings is 1. The van der Waals surface area contributed by atoms with Crippen LogP contribution in [0.3, 0.4) is 0 Å². The number of carboxylic acids is 1. The monoisotopic (exact) mass is 444 g/mol. The molecule has 2 aromatic heterocycles. The highest BCUT2D eigenvalue weighted by molar-refractivity contribution is 7.20. The number of nitrogens with zero attached hydrogens (tertiary/aromatic N) is 2. The summed E-state index contributed by atoms with van der Waals surface area (Å²) < 4.78 is 11.6. The summed E-state index contributed by atoms with van der Waals surface area (Å²) in [6, 6.07) is 8.38. The topological polar surface area (TPSA) is 132 Å². The molecule has 3 heterocycles. The van der Waals surface area contributed by atoms with E-state index < -0.39 is 18.0 Å². The fraction of sp³-hybridized carbons (Fsp3) is 0.300. The van der Waals surface area contributed by atoms with Gasteiger partial charge in [0.2, 0.25) is 0 Å². The van der Waals surface area contributed by atoms with E-state index in [1.54, 1.807) is 19.1 Å². The van der Waals surface area contributed by atoms with Crippen molar-refractivity contribution >= 4 is 45.3 Å². The number of carbonyl (C=O) groups excluding carboxylic acids is 2. The Labute approximate surface area is 180 Å². The highest BCUT2D eigenvalue weighted by atomic mass is 32.1. The summed E-state index contributed by atoms with van der Waals surface area (Å²) >= 11 is 0.877. The molecule has 1 aliphatic heterocycles. The number of morpholine rings is 1. The van der Waals surface area contributed by atoms with E-state index in [2.05, 4.69) is 15.7 Å². The largest absolute Gasteiger partial charge is 0.477 e. The number of aromatic nitrogens is 2. The maximum absolute atomic E-state index is 12.8. The third-order valence-electron chi connectivity index (χ3n) is 4.72. The van der Waals surface area contributed by atoms with E-state index in [9.17, 15) is 19.5 Å². The first kappa shape index (κ1) is 21.0. The Bertz CT molecular complexity index is 1130. The van der Waals surface area contributed by atoms with Gasteiger partial charge in [-0.05, 0) is 30.7 Å². The molecule has 162 valence electrons. The van der Waals surface area contributed by atoms with E-state index in [4.69, 9.17) is 9.47 Å². The van der Waals surface area contributed by atoms with Crippen molar-refractivity contribution in [2.75, 3.05) is 31.6 Å². The average Bonchev–Trinajstić information content (AvgIpc) is 3.35. The maximum Gasteiger partial charge on any atom is 0.436 e. The zero-order valence-electron chi connectivity index (χ0n) is 16.6. The summed E-state index contributed by atoms with van der Waals surface area (Å²) in [5, 5.41) is 19.7. The van der Waals surface area contributed by atoms with Gasteiger partial charge in [0.25, 0.3) is 5.91 Å². The number of fused-ring (bicyclic) bond motifs is 1. The first-order valence-electron chi connectivity index (χ1n) is 9.64. The summed E-state index contributed by atoms with van der Waals surface area (Å²) in [4.78, 5) is 36.6. The Kier molecular flexibility index (Phi) is 5.98. The lowest BCUT2D eigenvalue weighted by Crippen LogP contribution is -2.33. The molecular weight excluding hydrogens is 424 g/mol. The molecule has 1 fully saturated rings. The molecule has 1 unspecified atom stereocenters. The quantitative estimate of drug-likeness (QED) is 0.547. The Balaban J connectivity index is 1.59. The standard InChI is InChI=1S/C20H20N4O6S/c1-2-29-20(28)24-18-13(9-15(31-18)19(26)27)16(23-24)22-17(25)12-5-3-11(4-6-12)14-10-21-7-8-30-14/h3-6,9,14,21H,2,7-8,10H2,1H3,(H,26,27)(H,22,23,25). The van der Waals surface area contributed by atoms with Gasteiger partial charge in [0.15, 0.2) is 5.82 Å². The van der Waals surface area contributed by atoms with E-state index >= 15 is 0 Å². The van der Waals surface area contributed by atoms with Crippen LogP contribution in [-0.4, -0.2) is 59.2 Å². The van der Waals surface area contributed by atoms with Gasteiger partial charge >= 0.3 is 12.1 Å². The number of carboxylic acid groups (broad SMARTS) is 1. The van der Waals surface area contributed by atoms with Crippen LogP contribution >= 0.6 is 11.3 Å². The van der Waals surface area contributed by atoms with Gasteiger partial charge in [-0.3, -0.25) is 4.79 Å². The van der Waals surface area contributed by atoms with E-state index in [0.717, 1.165) is 28.1 Å². The first-order valence-corrected chi connectivity index (χ1v) is 10.5. The average molecular weight is 444 g/mol. The highest BCUT2D eigenvalue weighted by Crippen LogP contribution is 2.32. The van der Waals surface area contributed by atoms with Crippen molar-refractivity contribution in [3.63, 3.8) is 0 Å². The molecular formula is C20H20N4O6S. The fourth-order valence-corrected chi connectivity index (χ4v) is 4.16. The van der Waals surface area contributed by atoms with Gasteiger partial charge < -0.3 is 25.2 Å². The zero-order valence-corrected chi connectivity index (χ0v) is 17.4. The minimum absolute atomic E-state index is 0.0198. The number of anilines is 1. The Morgan fingerprint density at radius 3 is 2.77 bits per heavy atom. The summed E-state index contributed by atoms with van der Waals surface area (Å²) in [7, 11) is 0. The number of thiophene rings is 1. The van der Waals surface area contributed by atoms with Crippen LogP contribution in [0.1, 0.15) is 38.6 Å². The molecule has 10 nitrogen and oxygen atoms in total. The molecule has 3 aromatic rings. The molecule has 0 radical (unpaired) electrons. The van der Waals surface area contributed by atoms with E-state index in [0.29, 0.717) is 24.1 Å². The summed E-state index contributed by atoms with van der Waals surface area (Å²) in [6.45, 7) is 3.93. The molecule has 0 spiro atoms. The smallest absolute Gasteiger partial charge is 0.436 e. The number of nitrogens with one attached hydrogen (secondary N) is 2. The number of amides is 1. The van der Waals surface area contributed by atoms with Gasteiger partial charge in [0.1, 0.15) is 9.71 Å². The molecule has 1 saturated heterocycles. The number of carbonyl (C=O) groups is 3. The van der Waals surface area contributed by atoms with Crippen LogP contribution in [0.4, 0.5) is 10.6 Å². The van der Waals surface area contributed by atoms with Gasteiger partial charge in [-0.15, -0.1) is 16.4 Å². The van der Waals surface area contributed by atoms with E-state index in [-0.39, 0.29) is 28.2 Å². The molecule has 31 heavy (non-hydrogen) atoms. The molecule has 3 N–H and O–H groups in total. The molecule has 1 aromatic carbocycles. The van der Waals surface area contributed by atoms with Crippen molar-refractivity contribution in [1.82, 2.24) is 15.1 Å². The van der Waals surface area contributed by atoms with Crippen molar-refractivity contribution in [2.45, 2.75) is 13.0 Å². The van der Waals surface area contributed by atoms with Gasteiger partial charge in [-0.1, -0.05) is 12.1 Å². The van der Waals surface area contributed by atoms with Crippen molar-refractivity contribution < 1.29 is 29.0 Å². The lowest BCUT2D eigenvalue weighted by molar-refractivity contribution is 0.0277. The Hall–Kier alpha value is -3.28. The molecule has 1 aliphatic rings. The first-order chi connectivity index (χ1) is 15.0. The van der Waals surface area contributed by atoms with Gasteiger partial charge in [0, 0.05) is 18.7 Å². The van der Waals surface area contributed by atoms with Gasteiger partial charge in [0.05, 0.1) is 24.7 Å². The minimum Gasteiger partial charge on any atom is -0.477 e. The lowest BCUT2D eigenvalue weighted by Gasteiger charge is -2.24. The second-order valence-corrected chi connectivity index (χ2v) is 7.76. The fourth-order valence-electron chi connectivity index (χ4n) is 3.22. The zero-order chi connectivity index (χ0) is 22.0. The van der Waals surface area contributed by atoms with Crippen molar-refractivity contribution in [1.29, 1.82) is 0 Å². The molecule has 0 saturated carbocycles. The van der Waals surface area contributed by atoms with Crippen LogP contribution in [0.15, 0.2) is 30.3 Å². The van der Waals surface area contributed by atoms with Crippen LogP contribution in [-0.2, 0) is 9.47 Å². The molecule has 1 amide bonds. The van der Waals surface area contributed by atoms with Crippen LogP contribution < -0.4 is 10.6 Å². The summed E-state index contributed by atoms with van der Waals surface area (Å²) in [6.07, 6.45) is -0.816. The second kappa shape index (κ2) is 8.84. The number of ether oxygens (including phenoxy) is 2. The maximum atomic E-state index is 12.8. The number of aromatic carboxylic acids is 1. The summed E-state index contributed by atoms with van der Waals surface area (Å²) in [5.74, 6) is -1.49. The molecule has 0 bridgehead atoms. The molecule has 1 atom stereocenters. The van der Waals surface area contributed by atoms with Crippen molar-refractivity contribution in [2.24, 2.45) is 0 Å². The Morgan fingerprint density at radius 1 is 1.35 bits per heavy atom. The van der Waals surface area contributed by atoms with Crippen LogP contribution in [0, 0.1) is 0 Å². The second-order valence-electron chi connectivity index (χ2n) is 6.73. The Morgan fingerprint density at radius 2 is 2.13 bits per heavy atom. The number of hydrogen-bond acceptors (Lipinski definition) is 8. The van der Waals surface area contributed by atoms with Crippen LogP contribution in [0.2, 0.25) is 0 Å². The molecule has 0 aliphatic carbocycles. The normalized spacial score (nSPS) is 16.2. The van der Waals surface area contributed by atoms with Crippen molar-refractivity contribution in [3.8, 4) is 0 Å². The molecule has 4 rings (SSSR count). The third-order valence-corrected chi connectivity index (χ3v) is 5.81. The van der Waals surface area contributed by atoms with E-state index in [1.807, 2.05) is 12.1 Å². The minimum atomic E-state index is -1.14. The lowest BCUT2D eigenvalue weighted by atomic mass is 10.1. The highest BCUT2D eigenvalue weighted by Gasteiger charge is 2.23. The van der Waals surface area contributed by atoms with Gasteiger partial charge in [-0.25, -0.2) is 9.59 Å². The van der Waals surface area contributed by atoms with Gasteiger partial charge in [-0.2, -0.15) is 4.68 Å². The van der Waals surface area contributed by atoms with Crippen LogP contribution in [0.5, 0.6) is 0 Å². The third kappa shape index (κ3) is 4.29. The number of hydrogen-bond donors (Lipinski definition) is 3. The van der Waals surface area contributed by atoms with E-state index in [1.165, 1.54) is 6.07 Å². The van der Waals surface area contributed by atoms with Crippen LogP contribution in [0.25, 0.3) is 10.2 Å². The summed E-state index contributed by atoms with van der Waals surface area (Å²) in [5.41, 5.74) is 1.35. The SMILES string of the molecule is CCOC(=O)n1nc(NC(=O)c2ccc(C3CNCCO3)cc2)c2cc(C(=O)O)sc21. The molecule has 11 heteroatoms. The number of rotatable bonds is 5. The predicted octanol–water partition coefficient (Wildman–Crippen LogP) is 2.71.